The second-order valence-corrected chi connectivity index (χ2v) is 8.43. The summed E-state index contributed by atoms with van der Waals surface area (Å²) in [6, 6.07) is 6.60. The van der Waals surface area contributed by atoms with E-state index in [1.165, 1.54) is 18.4 Å². The largest absolute Gasteiger partial charge is 0.493 e. The lowest BCUT2D eigenvalue weighted by atomic mass is 10.0. The van der Waals surface area contributed by atoms with Crippen molar-refractivity contribution in [2.24, 2.45) is 0 Å². The smallest absolute Gasteiger partial charge is 0.226 e. The Morgan fingerprint density at radius 2 is 1.88 bits per heavy atom. The van der Waals surface area contributed by atoms with E-state index < -0.39 is 9.84 Å². The van der Waals surface area contributed by atoms with Crippen LogP contribution in [-0.2, 0) is 14.6 Å². The molecule has 7 heteroatoms. The number of rotatable bonds is 8. The zero-order chi connectivity index (χ0) is 18.3. The molecule has 0 spiro atoms. The third kappa shape index (κ3) is 6.01. The Bertz CT molecular complexity index is 652. The number of carbonyl (C=O) groups is 1. The molecule has 1 heterocycles. The van der Waals surface area contributed by atoms with E-state index in [2.05, 4.69) is 12.2 Å². The summed E-state index contributed by atoms with van der Waals surface area (Å²) in [5.41, 5.74) is 0. The van der Waals surface area contributed by atoms with Crippen LogP contribution in [0.25, 0.3) is 0 Å². The quantitative estimate of drug-likeness (QED) is 0.758. The van der Waals surface area contributed by atoms with Gasteiger partial charge in [-0.15, -0.1) is 0 Å². The first kappa shape index (κ1) is 19.7. The Labute approximate surface area is 150 Å². The molecule has 1 amide bonds. The number of ether oxygens (including phenoxy) is 1. The van der Waals surface area contributed by atoms with Gasteiger partial charge in [-0.2, -0.15) is 0 Å². The Kier molecular flexibility index (Phi) is 7.25. The van der Waals surface area contributed by atoms with E-state index in [0.29, 0.717) is 24.8 Å². The van der Waals surface area contributed by atoms with Gasteiger partial charge in [0.15, 0.2) is 9.84 Å². The number of amides is 1. The maximum Gasteiger partial charge on any atom is 0.226 e. The molecular formula is C18H28N2O4S. The zero-order valence-corrected chi connectivity index (χ0v) is 15.8. The highest BCUT2D eigenvalue weighted by Crippen LogP contribution is 2.17. The van der Waals surface area contributed by atoms with E-state index in [-0.39, 0.29) is 10.8 Å². The number of benzene rings is 1. The molecule has 140 valence electrons. The van der Waals surface area contributed by atoms with Crippen LogP contribution in [0.5, 0.6) is 5.75 Å². The van der Waals surface area contributed by atoms with Gasteiger partial charge in [-0.1, -0.05) is 6.92 Å². The lowest BCUT2D eigenvalue weighted by Gasteiger charge is -2.34. The molecule has 0 radical (unpaired) electrons. The highest BCUT2D eigenvalue weighted by molar-refractivity contribution is 7.90. The summed E-state index contributed by atoms with van der Waals surface area (Å²) < 4.78 is 28.5. The van der Waals surface area contributed by atoms with Crippen molar-refractivity contribution in [1.29, 1.82) is 0 Å². The highest BCUT2D eigenvalue weighted by atomic mass is 32.2. The van der Waals surface area contributed by atoms with Gasteiger partial charge in [-0.05, 0) is 56.6 Å². The van der Waals surface area contributed by atoms with E-state index in [9.17, 15) is 13.2 Å². The molecule has 1 aromatic carbocycles. The van der Waals surface area contributed by atoms with Crippen molar-refractivity contribution in [3.05, 3.63) is 24.3 Å². The van der Waals surface area contributed by atoms with Crippen LogP contribution < -0.4 is 10.1 Å². The molecule has 1 saturated heterocycles. The summed E-state index contributed by atoms with van der Waals surface area (Å²) in [4.78, 5) is 14.8. The molecule has 1 N–H and O–H groups in total. The van der Waals surface area contributed by atoms with Crippen molar-refractivity contribution in [3.63, 3.8) is 0 Å². The fourth-order valence-electron chi connectivity index (χ4n) is 3.05. The predicted octanol–water partition coefficient (Wildman–Crippen LogP) is 1.85. The molecule has 25 heavy (non-hydrogen) atoms. The average molecular weight is 368 g/mol. The number of piperidine rings is 1. The normalized spacial score (nSPS) is 15.8. The Balaban J connectivity index is 1.85. The molecule has 0 atom stereocenters. The molecule has 2 rings (SSSR count). The van der Waals surface area contributed by atoms with Crippen molar-refractivity contribution in [2.45, 2.75) is 43.5 Å². The summed E-state index contributed by atoms with van der Waals surface area (Å²) in [5, 5.41) is 3.32. The number of nitrogens with zero attached hydrogens (tertiary/aromatic N) is 1. The first-order chi connectivity index (χ1) is 11.9. The monoisotopic (exact) mass is 368 g/mol. The van der Waals surface area contributed by atoms with Crippen LogP contribution in [0, 0.1) is 0 Å². The fraction of sp³-hybridized carbons (Fsp3) is 0.611. The van der Waals surface area contributed by atoms with Crippen LogP contribution in [0.15, 0.2) is 29.2 Å². The summed E-state index contributed by atoms with van der Waals surface area (Å²) in [6.07, 6.45) is 4.45. The van der Waals surface area contributed by atoms with Gasteiger partial charge in [0, 0.05) is 18.8 Å². The van der Waals surface area contributed by atoms with Gasteiger partial charge in [0.1, 0.15) is 5.75 Å². The van der Waals surface area contributed by atoms with Gasteiger partial charge in [0.2, 0.25) is 5.91 Å². The van der Waals surface area contributed by atoms with Crippen molar-refractivity contribution >= 4 is 15.7 Å². The van der Waals surface area contributed by atoms with Crippen molar-refractivity contribution < 1.29 is 17.9 Å². The minimum absolute atomic E-state index is 0.126. The zero-order valence-electron chi connectivity index (χ0n) is 15.0. The predicted molar refractivity (Wildman–Crippen MR) is 97.6 cm³/mol. The van der Waals surface area contributed by atoms with Gasteiger partial charge in [0.25, 0.3) is 0 Å². The average Bonchev–Trinajstić information content (AvgIpc) is 2.60. The lowest BCUT2D eigenvalue weighted by Crippen LogP contribution is -2.46. The van der Waals surface area contributed by atoms with E-state index in [4.69, 9.17) is 4.74 Å². The molecule has 0 bridgehead atoms. The molecular weight excluding hydrogens is 340 g/mol. The number of hydrogen-bond acceptors (Lipinski definition) is 5. The van der Waals surface area contributed by atoms with Crippen LogP contribution in [0.1, 0.15) is 32.6 Å². The second-order valence-electron chi connectivity index (χ2n) is 6.41. The first-order valence-electron chi connectivity index (χ1n) is 8.85. The van der Waals surface area contributed by atoms with E-state index in [1.807, 2.05) is 4.90 Å². The lowest BCUT2D eigenvalue weighted by molar-refractivity contribution is -0.134. The van der Waals surface area contributed by atoms with Crippen LogP contribution in [0.2, 0.25) is 0 Å². The molecule has 1 aromatic rings. The molecule has 0 unspecified atom stereocenters. The van der Waals surface area contributed by atoms with E-state index in [0.717, 1.165) is 38.9 Å². The summed E-state index contributed by atoms with van der Waals surface area (Å²) in [6.45, 7) is 5.08. The molecule has 0 aromatic heterocycles. The van der Waals surface area contributed by atoms with Crippen molar-refractivity contribution in [1.82, 2.24) is 10.2 Å². The summed E-state index contributed by atoms with van der Waals surface area (Å²) in [7, 11) is -3.21. The molecule has 6 nitrogen and oxygen atoms in total. The van der Waals surface area contributed by atoms with Crippen LogP contribution in [0.3, 0.4) is 0 Å². The summed E-state index contributed by atoms with van der Waals surface area (Å²) >= 11 is 0. The minimum atomic E-state index is -3.21. The first-order valence-corrected chi connectivity index (χ1v) is 10.7. The maximum absolute atomic E-state index is 12.6. The fourth-order valence-corrected chi connectivity index (χ4v) is 3.68. The molecule has 0 saturated carbocycles. The molecule has 1 aliphatic heterocycles. The van der Waals surface area contributed by atoms with Gasteiger partial charge in [-0.3, -0.25) is 4.79 Å². The Morgan fingerprint density at radius 1 is 1.24 bits per heavy atom. The number of sulfone groups is 1. The Hall–Kier alpha value is -1.60. The van der Waals surface area contributed by atoms with Crippen LogP contribution in [-0.4, -0.2) is 57.8 Å². The van der Waals surface area contributed by atoms with Gasteiger partial charge in [-0.25, -0.2) is 8.42 Å². The summed E-state index contributed by atoms with van der Waals surface area (Å²) in [5.74, 6) is 0.700. The SMILES string of the molecule is CCCN(C(=O)CCOc1ccc(S(C)(=O)=O)cc1)C1CCNCC1. The highest BCUT2D eigenvalue weighted by Gasteiger charge is 2.24. The standard InChI is InChI=1S/C18H28N2O4S/c1-3-13-20(15-8-11-19-12-9-15)18(21)10-14-24-16-4-6-17(7-5-16)25(2,22)23/h4-7,15,19H,3,8-14H2,1-2H3. The maximum atomic E-state index is 12.6. The van der Waals surface area contributed by atoms with E-state index in [1.54, 1.807) is 12.1 Å². The van der Waals surface area contributed by atoms with Gasteiger partial charge in [0.05, 0.1) is 17.9 Å². The molecule has 1 aliphatic rings. The topological polar surface area (TPSA) is 75.7 Å². The van der Waals surface area contributed by atoms with Crippen molar-refractivity contribution in [2.75, 3.05) is 32.5 Å². The number of carbonyl (C=O) groups excluding carboxylic acids is 1. The third-order valence-corrected chi connectivity index (χ3v) is 5.50. The van der Waals surface area contributed by atoms with Crippen LogP contribution >= 0.6 is 0 Å². The third-order valence-electron chi connectivity index (χ3n) is 4.37. The Morgan fingerprint density at radius 3 is 2.44 bits per heavy atom. The number of nitrogens with one attached hydrogen (secondary N) is 1. The van der Waals surface area contributed by atoms with Crippen LogP contribution in [0.4, 0.5) is 0 Å². The van der Waals surface area contributed by atoms with Crippen molar-refractivity contribution in [3.8, 4) is 5.75 Å². The van der Waals surface area contributed by atoms with Gasteiger partial charge < -0.3 is 15.0 Å². The van der Waals surface area contributed by atoms with Gasteiger partial charge >= 0.3 is 0 Å². The molecule has 1 fully saturated rings. The second kappa shape index (κ2) is 9.20. The minimum Gasteiger partial charge on any atom is -0.493 e. The van der Waals surface area contributed by atoms with E-state index >= 15 is 0 Å². The number of hydrogen-bond donors (Lipinski definition) is 1. The molecule has 0 aliphatic carbocycles.